The number of hydrogen-bond donors (Lipinski definition) is 2. The van der Waals surface area contributed by atoms with Gasteiger partial charge >= 0.3 is 0 Å². The molecule has 0 spiro atoms. The average Bonchev–Trinajstić information content (AvgIpc) is 3.41. The summed E-state index contributed by atoms with van der Waals surface area (Å²) < 4.78 is 13.4. The van der Waals surface area contributed by atoms with E-state index < -0.39 is 6.04 Å². The summed E-state index contributed by atoms with van der Waals surface area (Å²) in [5.74, 6) is -0.255. The molecule has 1 aromatic carbocycles. The Kier molecular flexibility index (Phi) is 8.56. The van der Waals surface area contributed by atoms with Gasteiger partial charge in [-0.25, -0.2) is 4.39 Å². The van der Waals surface area contributed by atoms with Crippen LogP contribution in [0, 0.1) is 11.7 Å². The zero-order chi connectivity index (χ0) is 25.7. The van der Waals surface area contributed by atoms with Crippen LogP contribution in [0.3, 0.4) is 0 Å². The van der Waals surface area contributed by atoms with Crippen molar-refractivity contribution in [2.45, 2.75) is 70.0 Å². The maximum absolute atomic E-state index is 14.0. The molecule has 0 bridgehead atoms. The van der Waals surface area contributed by atoms with Crippen LogP contribution < -0.4 is 15.5 Å². The Morgan fingerprint density at radius 1 is 1.06 bits per heavy atom. The largest absolute Gasteiger partial charge is 0.345 e. The van der Waals surface area contributed by atoms with Crippen molar-refractivity contribution in [2.24, 2.45) is 5.92 Å². The van der Waals surface area contributed by atoms with Crippen molar-refractivity contribution in [3.05, 3.63) is 54.1 Å². The molecule has 194 valence electrons. The number of benzene rings is 1. The fourth-order valence-electron chi connectivity index (χ4n) is 5.42. The van der Waals surface area contributed by atoms with Crippen LogP contribution >= 0.6 is 0 Å². The first kappa shape index (κ1) is 26.1. The molecule has 2 heterocycles. The van der Waals surface area contributed by atoms with Gasteiger partial charge in [0.1, 0.15) is 11.9 Å². The van der Waals surface area contributed by atoms with Crippen molar-refractivity contribution in [2.75, 3.05) is 25.5 Å². The fourth-order valence-corrected chi connectivity index (χ4v) is 5.42. The lowest BCUT2D eigenvalue weighted by Gasteiger charge is -2.35. The van der Waals surface area contributed by atoms with Gasteiger partial charge in [-0.3, -0.25) is 14.6 Å². The van der Waals surface area contributed by atoms with E-state index in [4.69, 9.17) is 0 Å². The topological polar surface area (TPSA) is 77.6 Å². The third kappa shape index (κ3) is 5.86. The number of anilines is 2. The van der Waals surface area contributed by atoms with E-state index in [9.17, 15) is 14.0 Å². The lowest BCUT2D eigenvalue weighted by atomic mass is 9.83. The van der Waals surface area contributed by atoms with Crippen LogP contribution in [0.25, 0.3) is 0 Å². The number of carbonyl (C=O) groups is 2. The van der Waals surface area contributed by atoms with Crippen LogP contribution in [-0.4, -0.2) is 54.4 Å². The van der Waals surface area contributed by atoms with Crippen molar-refractivity contribution >= 4 is 23.2 Å². The van der Waals surface area contributed by atoms with Crippen LogP contribution in [-0.2, 0) is 9.59 Å². The minimum atomic E-state index is -0.515. The Morgan fingerprint density at radius 2 is 1.78 bits per heavy atom. The molecule has 8 heteroatoms. The number of hydrogen-bond acceptors (Lipinski definition) is 5. The highest BCUT2D eigenvalue weighted by Crippen LogP contribution is 2.36. The summed E-state index contributed by atoms with van der Waals surface area (Å²) in [5.41, 5.74) is 2.63. The first-order valence-corrected chi connectivity index (χ1v) is 13.1. The summed E-state index contributed by atoms with van der Waals surface area (Å²) in [6.45, 7) is 2.47. The van der Waals surface area contributed by atoms with Crippen molar-refractivity contribution in [1.29, 1.82) is 0 Å². The van der Waals surface area contributed by atoms with Crippen LogP contribution in [0.15, 0.2) is 42.6 Å². The van der Waals surface area contributed by atoms with E-state index in [0.29, 0.717) is 6.54 Å². The Bertz CT molecular complexity index is 1040. The number of likely N-dealkylation sites (N-methyl/N-ethyl adjacent to an activating group) is 1. The van der Waals surface area contributed by atoms with E-state index in [2.05, 4.69) is 15.6 Å². The second kappa shape index (κ2) is 11.8. The van der Waals surface area contributed by atoms with Crippen molar-refractivity contribution in [1.82, 2.24) is 20.5 Å². The predicted molar refractivity (Wildman–Crippen MR) is 139 cm³/mol. The standard InChI is InChI=1S/C28H38FN5O2/c1-19(30-2)27(35)32-26(20-8-5-4-6-9-20)28(36)34-17-7-10-25(34)24-18-23(15-16-31-24)33(3)22-13-11-21(29)12-14-22/h11-16,18-20,25-26,30H,4-10,17H2,1-3H3,(H,32,35)/t19-,25-,26-/m0/s1. The molecule has 0 radical (unpaired) electrons. The minimum Gasteiger partial charge on any atom is -0.345 e. The molecular weight excluding hydrogens is 457 g/mol. The van der Waals surface area contributed by atoms with E-state index in [0.717, 1.165) is 55.6 Å². The summed E-state index contributed by atoms with van der Waals surface area (Å²) >= 11 is 0. The van der Waals surface area contributed by atoms with E-state index >= 15 is 0 Å². The van der Waals surface area contributed by atoms with Gasteiger partial charge in [0, 0.05) is 31.2 Å². The molecule has 1 saturated heterocycles. The molecule has 2 fully saturated rings. The SMILES string of the molecule is CN[C@@H](C)C(=O)N[C@H](C(=O)N1CCC[C@H]1c1cc(N(C)c2ccc(F)cc2)ccn1)C1CCCCC1. The highest BCUT2D eigenvalue weighted by Gasteiger charge is 2.39. The van der Waals surface area contributed by atoms with Gasteiger partial charge in [0.25, 0.3) is 0 Å². The number of likely N-dealkylation sites (tertiary alicyclic amines) is 1. The average molecular weight is 496 g/mol. The molecule has 1 aromatic heterocycles. The van der Waals surface area contributed by atoms with Crippen LogP contribution in [0.2, 0.25) is 0 Å². The first-order valence-electron chi connectivity index (χ1n) is 13.1. The highest BCUT2D eigenvalue weighted by atomic mass is 19.1. The molecule has 7 nitrogen and oxygen atoms in total. The van der Waals surface area contributed by atoms with Crippen LogP contribution in [0.4, 0.5) is 15.8 Å². The summed E-state index contributed by atoms with van der Waals surface area (Å²) in [6, 6.07) is 9.28. The summed E-state index contributed by atoms with van der Waals surface area (Å²) in [4.78, 5) is 35.3. The molecule has 36 heavy (non-hydrogen) atoms. The van der Waals surface area contributed by atoms with Gasteiger partial charge in [-0.05, 0) is 82.0 Å². The number of halogens is 1. The molecule has 2 aliphatic rings. The first-order chi connectivity index (χ1) is 17.4. The van der Waals surface area contributed by atoms with Crippen molar-refractivity contribution in [3.63, 3.8) is 0 Å². The molecule has 3 atom stereocenters. The molecular formula is C28H38FN5O2. The lowest BCUT2D eigenvalue weighted by molar-refractivity contribution is -0.139. The second-order valence-electron chi connectivity index (χ2n) is 10.1. The van der Waals surface area contributed by atoms with E-state index in [-0.39, 0.29) is 35.6 Å². The third-order valence-electron chi connectivity index (χ3n) is 7.75. The Labute approximate surface area is 213 Å². The molecule has 0 unspecified atom stereocenters. The summed E-state index contributed by atoms with van der Waals surface area (Å²) in [7, 11) is 3.68. The Morgan fingerprint density at radius 3 is 2.47 bits per heavy atom. The quantitative estimate of drug-likeness (QED) is 0.570. The summed E-state index contributed by atoms with van der Waals surface area (Å²) in [5, 5.41) is 6.07. The van der Waals surface area contributed by atoms with E-state index in [1.807, 2.05) is 35.9 Å². The Balaban J connectivity index is 1.56. The zero-order valence-corrected chi connectivity index (χ0v) is 21.5. The number of nitrogens with zero attached hydrogens (tertiary/aromatic N) is 3. The molecule has 1 saturated carbocycles. The molecule has 2 amide bonds. The fraction of sp³-hybridized carbons (Fsp3) is 0.536. The van der Waals surface area contributed by atoms with E-state index in [1.165, 1.54) is 18.6 Å². The number of rotatable bonds is 8. The normalized spacial score (nSPS) is 20.1. The number of pyridine rings is 1. The number of amides is 2. The second-order valence-corrected chi connectivity index (χ2v) is 10.1. The molecule has 4 rings (SSSR count). The smallest absolute Gasteiger partial charge is 0.246 e. The van der Waals surface area contributed by atoms with Gasteiger partial charge in [0.2, 0.25) is 11.8 Å². The molecule has 1 aliphatic carbocycles. The van der Waals surface area contributed by atoms with Crippen molar-refractivity contribution in [3.8, 4) is 0 Å². The molecule has 2 N–H and O–H groups in total. The van der Waals surface area contributed by atoms with Gasteiger partial charge in [-0.15, -0.1) is 0 Å². The predicted octanol–water partition coefficient (Wildman–Crippen LogP) is 4.33. The summed E-state index contributed by atoms with van der Waals surface area (Å²) in [6.07, 6.45) is 8.78. The number of nitrogens with one attached hydrogen (secondary N) is 2. The maximum atomic E-state index is 14.0. The lowest BCUT2D eigenvalue weighted by Crippen LogP contribution is -2.55. The van der Waals surface area contributed by atoms with Gasteiger partial charge in [0.15, 0.2) is 0 Å². The molecule has 2 aromatic rings. The Hall–Kier alpha value is -3.00. The van der Waals surface area contributed by atoms with Gasteiger partial charge in [0.05, 0.1) is 17.8 Å². The minimum absolute atomic E-state index is 0.000135. The highest BCUT2D eigenvalue weighted by molar-refractivity contribution is 5.90. The number of aromatic nitrogens is 1. The zero-order valence-electron chi connectivity index (χ0n) is 21.5. The van der Waals surface area contributed by atoms with Crippen LogP contribution in [0.1, 0.15) is 63.6 Å². The van der Waals surface area contributed by atoms with Crippen molar-refractivity contribution < 1.29 is 14.0 Å². The third-order valence-corrected chi connectivity index (χ3v) is 7.75. The maximum Gasteiger partial charge on any atom is 0.246 e. The van der Waals surface area contributed by atoms with Crippen LogP contribution in [0.5, 0.6) is 0 Å². The number of carbonyl (C=O) groups excluding carboxylic acids is 2. The van der Waals surface area contributed by atoms with E-state index in [1.54, 1.807) is 25.4 Å². The molecule has 1 aliphatic heterocycles. The monoisotopic (exact) mass is 495 g/mol. The van der Waals surface area contributed by atoms with Gasteiger partial charge < -0.3 is 20.4 Å². The van der Waals surface area contributed by atoms with Gasteiger partial charge in [-0.2, -0.15) is 0 Å². The van der Waals surface area contributed by atoms with Gasteiger partial charge in [-0.1, -0.05) is 19.3 Å².